The van der Waals surface area contributed by atoms with Crippen molar-refractivity contribution in [2.75, 3.05) is 5.73 Å². The van der Waals surface area contributed by atoms with E-state index in [9.17, 15) is 0 Å². The topological polar surface area (TPSA) is 48.1 Å². The number of nitrogen functional groups attached to an aromatic ring is 1. The van der Waals surface area contributed by atoms with Gasteiger partial charge in [-0.2, -0.15) is 0 Å². The standard InChI is InChI=1S/C19H26N2O/c1-18(2,3)13-19(4,5)14-6-8-15(9-7-14)22-16-10-11-17(20)21-12-16/h6-12H,13H2,1-5H3,(H2,20,21). The van der Waals surface area contributed by atoms with Crippen LogP contribution in [0.2, 0.25) is 0 Å². The van der Waals surface area contributed by atoms with Gasteiger partial charge >= 0.3 is 0 Å². The molecule has 1 heterocycles. The average Bonchev–Trinajstić information content (AvgIpc) is 2.39. The van der Waals surface area contributed by atoms with E-state index in [4.69, 9.17) is 10.5 Å². The number of ether oxygens (including phenoxy) is 1. The molecular formula is C19H26N2O. The van der Waals surface area contributed by atoms with Crippen LogP contribution in [0.5, 0.6) is 11.5 Å². The van der Waals surface area contributed by atoms with Crippen molar-refractivity contribution in [1.29, 1.82) is 0 Å². The van der Waals surface area contributed by atoms with E-state index in [0.717, 1.165) is 12.2 Å². The van der Waals surface area contributed by atoms with E-state index in [-0.39, 0.29) is 5.41 Å². The largest absolute Gasteiger partial charge is 0.456 e. The smallest absolute Gasteiger partial charge is 0.145 e. The fraction of sp³-hybridized carbons (Fsp3) is 0.421. The second kappa shape index (κ2) is 5.99. The zero-order chi connectivity index (χ0) is 16.4. The molecule has 2 N–H and O–H groups in total. The van der Waals surface area contributed by atoms with Crippen molar-refractivity contribution in [2.24, 2.45) is 5.41 Å². The van der Waals surface area contributed by atoms with Gasteiger partial charge in [0.1, 0.15) is 17.3 Å². The van der Waals surface area contributed by atoms with Gasteiger partial charge in [-0.25, -0.2) is 4.98 Å². The third-order valence-corrected chi connectivity index (χ3v) is 3.60. The van der Waals surface area contributed by atoms with Crippen molar-refractivity contribution in [3.63, 3.8) is 0 Å². The molecule has 0 aliphatic carbocycles. The molecule has 1 aromatic heterocycles. The number of nitrogens with zero attached hydrogens (tertiary/aromatic N) is 1. The molecule has 0 atom stereocenters. The van der Waals surface area contributed by atoms with Crippen molar-refractivity contribution in [3.8, 4) is 11.5 Å². The van der Waals surface area contributed by atoms with Crippen molar-refractivity contribution in [1.82, 2.24) is 4.98 Å². The SMILES string of the molecule is CC(C)(C)CC(C)(C)c1ccc(Oc2ccc(N)nc2)cc1. The summed E-state index contributed by atoms with van der Waals surface area (Å²) in [5.41, 5.74) is 7.33. The maximum absolute atomic E-state index is 5.78. The fourth-order valence-corrected chi connectivity index (χ4v) is 2.99. The Bertz CT molecular complexity index is 607. The van der Waals surface area contributed by atoms with Crippen LogP contribution in [0.4, 0.5) is 5.82 Å². The molecule has 118 valence electrons. The number of rotatable bonds is 4. The fourth-order valence-electron chi connectivity index (χ4n) is 2.99. The molecule has 0 bridgehead atoms. The third-order valence-electron chi connectivity index (χ3n) is 3.60. The van der Waals surface area contributed by atoms with Crippen molar-refractivity contribution in [3.05, 3.63) is 48.2 Å². The van der Waals surface area contributed by atoms with Crippen LogP contribution >= 0.6 is 0 Å². The third kappa shape index (κ3) is 4.48. The summed E-state index contributed by atoms with van der Waals surface area (Å²) >= 11 is 0. The van der Waals surface area contributed by atoms with Gasteiger partial charge in [-0.15, -0.1) is 0 Å². The van der Waals surface area contributed by atoms with Crippen LogP contribution in [-0.2, 0) is 5.41 Å². The van der Waals surface area contributed by atoms with Gasteiger partial charge in [0.15, 0.2) is 0 Å². The van der Waals surface area contributed by atoms with Gasteiger partial charge in [-0.1, -0.05) is 46.8 Å². The van der Waals surface area contributed by atoms with Crippen molar-refractivity contribution < 1.29 is 4.74 Å². The number of anilines is 1. The minimum absolute atomic E-state index is 0.138. The van der Waals surface area contributed by atoms with Crippen LogP contribution in [0.25, 0.3) is 0 Å². The first kappa shape index (κ1) is 16.3. The molecule has 0 aliphatic heterocycles. The van der Waals surface area contributed by atoms with Crippen LogP contribution in [0, 0.1) is 5.41 Å². The van der Waals surface area contributed by atoms with Crippen molar-refractivity contribution >= 4 is 5.82 Å². The van der Waals surface area contributed by atoms with E-state index >= 15 is 0 Å². The second-order valence-corrected chi connectivity index (χ2v) is 7.67. The molecule has 22 heavy (non-hydrogen) atoms. The van der Waals surface area contributed by atoms with E-state index in [0.29, 0.717) is 17.0 Å². The summed E-state index contributed by atoms with van der Waals surface area (Å²) < 4.78 is 5.78. The zero-order valence-electron chi connectivity index (χ0n) is 14.2. The molecule has 0 fully saturated rings. The highest BCUT2D eigenvalue weighted by molar-refractivity contribution is 5.37. The molecule has 0 amide bonds. The van der Waals surface area contributed by atoms with Crippen LogP contribution in [0.1, 0.15) is 46.6 Å². The van der Waals surface area contributed by atoms with Gasteiger partial charge in [0.2, 0.25) is 0 Å². The second-order valence-electron chi connectivity index (χ2n) is 7.67. The number of nitrogens with two attached hydrogens (primary N) is 1. The highest BCUT2D eigenvalue weighted by Crippen LogP contribution is 2.37. The first-order valence-corrected chi connectivity index (χ1v) is 7.66. The molecule has 3 nitrogen and oxygen atoms in total. The Kier molecular flexibility index (Phi) is 4.45. The number of benzene rings is 1. The molecule has 1 aromatic carbocycles. The van der Waals surface area contributed by atoms with E-state index in [2.05, 4.69) is 51.7 Å². The number of hydrogen-bond donors (Lipinski definition) is 1. The molecule has 0 spiro atoms. The predicted molar refractivity (Wildman–Crippen MR) is 92.3 cm³/mol. The molecule has 0 unspecified atom stereocenters. The molecule has 2 rings (SSSR count). The highest BCUT2D eigenvalue weighted by Gasteiger charge is 2.27. The Morgan fingerprint density at radius 1 is 0.909 bits per heavy atom. The maximum Gasteiger partial charge on any atom is 0.145 e. The summed E-state index contributed by atoms with van der Waals surface area (Å²) in [7, 11) is 0. The Morgan fingerprint density at radius 3 is 2.00 bits per heavy atom. The van der Waals surface area contributed by atoms with Gasteiger partial charge in [-0.05, 0) is 47.1 Å². The maximum atomic E-state index is 5.78. The molecule has 0 saturated heterocycles. The Labute approximate surface area is 133 Å². The normalized spacial score (nSPS) is 12.2. The summed E-state index contributed by atoms with van der Waals surface area (Å²) in [6.07, 6.45) is 2.76. The Hall–Kier alpha value is -2.03. The monoisotopic (exact) mass is 298 g/mol. The minimum Gasteiger partial charge on any atom is -0.456 e. The van der Waals surface area contributed by atoms with Crippen LogP contribution in [0.3, 0.4) is 0 Å². The summed E-state index contributed by atoms with van der Waals surface area (Å²) in [6, 6.07) is 11.9. The average molecular weight is 298 g/mol. The van der Waals surface area contributed by atoms with Crippen LogP contribution < -0.4 is 10.5 Å². The summed E-state index contributed by atoms with van der Waals surface area (Å²) in [4.78, 5) is 4.03. The van der Waals surface area contributed by atoms with E-state index in [1.165, 1.54) is 5.56 Å². The van der Waals surface area contributed by atoms with E-state index < -0.39 is 0 Å². The molecule has 2 aromatic rings. The Balaban J connectivity index is 2.11. The Morgan fingerprint density at radius 2 is 1.50 bits per heavy atom. The van der Waals surface area contributed by atoms with Gasteiger partial charge in [0.25, 0.3) is 0 Å². The molecular weight excluding hydrogens is 272 g/mol. The molecule has 0 radical (unpaired) electrons. The quantitative estimate of drug-likeness (QED) is 0.847. The molecule has 0 saturated carbocycles. The van der Waals surface area contributed by atoms with Gasteiger partial charge in [0, 0.05) is 0 Å². The zero-order valence-corrected chi connectivity index (χ0v) is 14.2. The molecule has 0 aliphatic rings. The lowest BCUT2D eigenvalue weighted by molar-refractivity contribution is 0.284. The lowest BCUT2D eigenvalue weighted by atomic mass is 9.72. The van der Waals surface area contributed by atoms with Gasteiger partial charge < -0.3 is 10.5 Å². The first-order chi connectivity index (χ1) is 10.2. The van der Waals surface area contributed by atoms with Gasteiger partial charge in [0.05, 0.1) is 6.20 Å². The molecule has 3 heteroatoms. The minimum atomic E-state index is 0.138. The lowest BCUT2D eigenvalue weighted by Gasteiger charge is -2.33. The number of hydrogen-bond acceptors (Lipinski definition) is 3. The van der Waals surface area contributed by atoms with Crippen LogP contribution in [-0.4, -0.2) is 4.98 Å². The first-order valence-electron chi connectivity index (χ1n) is 7.66. The van der Waals surface area contributed by atoms with Crippen LogP contribution in [0.15, 0.2) is 42.6 Å². The number of aromatic nitrogens is 1. The highest BCUT2D eigenvalue weighted by atomic mass is 16.5. The summed E-state index contributed by atoms with van der Waals surface area (Å²) in [5.74, 6) is 1.99. The number of pyridine rings is 1. The van der Waals surface area contributed by atoms with E-state index in [1.807, 2.05) is 18.2 Å². The van der Waals surface area contributed by atoms with E-state index in [1.54, 1.807) is 12.3 Å². The van der Waals surface area contributed by atoms with Gasteiger partial charge in [-0.3, -0.25) is 0 Å². The van der Waals surface area contributed by atoms with Crippen molar-refractivity contribution in [2.45, 2.75) is 46.5 Å². The lowest BCUT2D eigenvalue weighted by Crippen LogP contribution is -2.24. The summed E-state index contributed by atoms with van der Waals surface area (Å²) in [6.45, 7) is 11.4. The predicted octanol–water partition coefficient (Wildman–Crippen LogP) is 5.17. The summed E-state index contributed by atoms with van der Waals surface area (Å²) in [5, 5.41) is 0.